The first-order chi connectivity index (χ1) is 9.51. The van der Waals surface area contributed by atoms with Crippen molar-refractivity contribution in [1.82, 2.24) is 9.71 Å². The summed E-state index contributed by atoms with van der Waals surface area (Å²) in [4.78, 5) is 4.10. The zero-order valence-electron chi connectivity index (χ0n) is 10.8. The van der Waals surface area contributed by atoms with E-state index in [0.29, 0.717) is 10.8 Å². The Kier molecular flexibility index (Phi) is 4.59. The van der Waals surface area contributed by atoms with E-state index in [1.807, 2.05) is 0 Å². The third-order valence-corrected chi connectivity index (χ3v) is 4.28. The van der Waals surface area contributed by atoms with Crippen molar-refractivity contribution in [2.45, 2.75) is 11.4 Å². The quantitative estimate of drug-likeness (QED) is 0.888. The number of hydrogen-bond donors (Lipinski definition) is 2. The van der Waals surface area contributed by atoms with E-state index < -0.39 is 10.0 Å². The second-order valence-electron chi connectivity index (χ2n) is 4.08. The van der Waals surface area contributed by atoms with Gasteiger partial charge in [-0.3, -0.25) is 0 Å². The molecule has 0 aliphatic rings. The fourth-order valence-electron chi connectivity index (χ4n) is 1.60. The van der Waals surface area contributed by atoms with Crippen LogP contribution in [0.15, 0.2) is 47.5 Å². The summed E-state index contributed by atoms with van der Waals surface area (Å²) in [6, 6.07) is 10.1. The molecule has 106 valence electrons. The van der Waals surface area contributed by atoms with Crippen LogP contribution in [0.4, 0.5) is 5.82 Å². The Morgan fingerprint density at radius 1 is 1.25 bits per heavy atom. The molecule has 7 heteroatoms. The average molecular weight is 312 g/mol. The van der Waals surface area contributed by atoms with Gasteiger partial charge < -0.3 is 5.32 Å². The lowest BCUT2D eigenvalue weighted by Crippen LogP contribution is -2.23. The van der Waals surface area contributed by atoms with Gasteiger partial charge in [0.2, 0.25) is 10.0 Å². The summed E-state index contributed by atoms with van der Waals surface area (Å²) in [5.41, 5.74) is 0.792. The minimum absolute atomic E-state index is 0.124. The van der Waals surface area contributed by atoms with E-state index in [-0.39, 0.29) is 11.4 Å². The van der Waals surface area contributed by atoms with Gasteiger partial charge in [0.1, 0.15) is 10.7 Å². The molecule has 0 aliphatic carbocycles. The van der Waals surface area contributed by atoms with Crippen LogP contribution in [0, 0.1) is 0 Å². The second-order valence-corrected chi connectivity index (χ2v) is 6.29. The van der Waals surface area contributed by atoms with E-state index in [9.17, 15) is 8.42 Å². The molecule has 0 radical (unpaired) electrons. The van der Waals surface area contributed by atoms with Gasteiger partial charge in [-0.1, -0.05) is 23.7 Å². The lowest BCUT2D eigenvalue weighted by atomic mass is 10.2. The number of rotatable bonds is 5. The Labute approximate surface area is 123 Å². The SMILES string of the molecule is CNc1ccc(S(=O)(=O)NCc2cccc(Cl)c2)cn1. The van der Waals surface area contributed by atoms with Crippen molar-refractivity contribution in [3.8, 4) is 0 Å². The molecule has 1 heterocycles. The normalized spacial score (nSPS) is 11.3. The van der Waals surface area contributed by atoms with Crippen LogP contribution < -0.4 is 10.0 Å². The van der Waals surface area contributed by atoms with Crippen molar-refractivity contribution in [2.75, 3.05) is 12.4 Å². The lowest BCUT2D eigenvalue weighted by molar-refractivity contribution is 0.581. The number of pyridine rings is 1. The molecule has 0 saturated heterocycles. The number of nitrogens with zero attached hydrogens (tertiary/aromatic N) is 1. The van der Waals surface area contributed by atoms with E-state index in [1.54, 1.807) is 37.4 Å². The van der Waals surface area contributed by atoms with Gasteiger partial charge in [0, 0.05) is 24.8 Å². The van der Waals surface area contributed by atoms with Gasteiger partial charge in [-0.05, 0) is 29.8 Å². The minimum Gasteiger partial charge on any atom is -0.373 e. The number of sulfonamides is 1. The topological polar surface area (TPSA) is 71.1 Å². The van der Waals surface area contributed by atoms with Gasteiger partial charge in [0.25, 0.3) is 0 Å². The molecule has 20 heavy (non-hydrogen) atoms. The van der Waals surface area contributed by atoms with E-state index >= 15 is 0 Å². The highest BCUT2D eigenvalue weighted by molar-refractivity contribution is 7.89. The average Bonchev–Trinajstić information content (AvgIpc) is 2.45. The highest BCUT2D eigenvalue weighted by Gasteiger charge is 2.14. The van der Waals surface area contributed by atoms with E-state index in [1.165, 1.54) is 12.3 Å². The number of hydrogen-bond acceptors (Lipinski definition) is 4. The Bertz CT molecular complexity index is 687. The lowest BCUT2D eigenvalue weighted by Gasteiger charge is -2.07. The number of nitrogens with one attached hydrogen (secondary N) is 2. The number of anilines is 1. The molecule has 5 nitrogen and oxygen atoms in total. The number of aromatic nitrogens is 1. The summed E-state index contributed by atoms with van der Waals surface area (Å²) < 4.78 is 26.7. The smallest absolute Gasteiger partial charge is 0.242 e. The predicted molar refractivity (Wildman–Crippen MR) is 79.3 cm³/mol. The fraction of sp³-hybridized carbons (Fsp3) is 0.154. The van der Waals surface area contributed by atoms with E-state index in [4.69, 9.17) is 11.6 Å². The molecule has 1 aromatic carbocycles. The highest BCUT2D eigenvalue weighted by atomic mass is 35.5. The second kappa shape index (κ2) is 6.21. The summed E-state index contributed by atoms with van der Waals surface area (Å²) in [6.45, 7) is 0.177. The summed E-state index contributed by atoms with van der Waals surface area (Å²) in [6.07, 6.45) is 1.31. The van der Waals surface area contributed by atoms with Crippen LogP contribution in [-0.4, -0.2) is 20.4 Å². The molecule has 2 aromatic rings. The van der Waals surface area contributed by atoms with Crippen LogP contribution in [0.1, 0.15) is 5.56 Å². The van der Waals surface area contributed by atoms with Gasteiger partial charge in [-0.25, -0.2) is 18.1 Å². The Hall–Kier alpha value is -1.63. The molecule has 1 aromatic heterocycles. The minimum atomic E-state index is -3.58. The first-order valence-electron chi connectivity index (χ1n) is 5.89. The van der Waals surface area contributed by atoms with Crippen LogP contribution in [0.25, 0.3) is 0 Å². The van der Waals surface area contributed by atoms with E-state index in [0.717, 1.165) is 5.56 Å². The molecule has 0 bridgehead atoms. The van der Waals surface area contributed by atoms with Gasteiger partial charge in [0.05, 0.1) is 0 Å². The summed E-state index contributed by atoms with van der Waals surface area (Å²) in [5, 5.41) is 3.40. The third kappa shape index (κ3) is 3.69. The summed E-state index contributed by atoms with van der Waals surface area (Å²) in [5.74, 6) is 0.610. The first-order valence-corrected chi connectivity index (χ1v) is 7.75. The largest absolute Gasteiger partial charge is 0.373 e. The standard InChI is InChI=1S/C13H14ClN3O2S/c1-15-13-6-5-12(9-16-13)20(18,19)17-8-10-3-2-4-11(14)7-10/h2-7,9,17H,8H2,1H3,(H,15,16). The van der Waals surface area contributed by atoms with Gasteiger partial charge in [0.15, 0.2) is 0 Å². The molecule has 0 aliphatic heterocycles. The maximum atomic E-state index is 12.1. The number of benzene rings is 1. The molecule has 2 N–H and O–H groups in total. The van der Waals surface area contributed by atoms with Crippen molar-refractivity contribution < 1.29 is 8.42 Å². The number of halogens is 1. The zero-order valence-corrected chi connectivity index (χ0v) is 12.4. The van der Waals surface area contributed by atoms with Crippen molar-refractivity contribution in [1.29, 1.82) is 0 Å². The zero-order chi connectivity index (χ0) is 14.6. The van der Waals surface area contributed by atoms with Crippen LogP contribution in [-0.2, 0) is 16.6 Å². The monoisotopic (exact) mass is 311 g/mol. The van der Waals surface area contributed by atoms with Crippen molar-refractivity contribution in [3.63, 3.8) is 0 Å². The predicted octanol–water partition coefficient (Wildman–Crippen LogP) is 2.26. The first kappa shape index (κ1) is 14.8. The van der Waals surface area contributed by atoms with Crippen molar-refractivity contribution >= 4 is 27.4 Å². The maximum absolute atomic E-state index is 12.1. The van der Waals surface area contributed by atoms with Gasteiger partial charge in [-0.2, -0.15) is 0 Å². The Morgan fingerprint density at radius 2 is 2.05 bits per heavy atom. The molecular weight excluding hydrogens is 298 g/mol. The van der Waals surface area contributed by atoms with Crippen LogP contribution in [0.5, 0.6) is 0 Å². The molecule has 0 spiro atoms. The van der Waals surface area contributed by atoms with Crippen molar-refractivity contribution in [2.24, 2.45) is 0 Å². The molecular formula is C13H14ClN3O2S. The third-order valence-electron chi connectivity index (χ3n) is 2.66. The van der Waals surface area contributed by atoms with Gasteiger partial charge in [-0.15, -0.1) is 0 Å². The molecule has 0 atom stereocenters. The molecule has 0 saturated carbocycles. The van der Waals surface area contributed by atoms with Gasteiger partial charge >= 0.3 is 0 Å². The maximum Gasteiger partial charge on any atom is 0.242 e. The molecule has 0 fully saturated rings. The molecule has 2 rings (SSSR count). The van der Waals surface area contributed by atoms with Crippen LogP contribution in [0.2, 0.25) is 5.02 Å². The highest BCUT2D eigenvalue weighted by Crippen LogP contribution is 2.13. The van der Waals surface area contributed by atoms with Crippen LogP contribution in [0.3, 0.4) is 0 Å². The van der Waals surface area contributed by atoms with E-state index in [2.05, 4.69) is 15.0 Å². The summed E-state index contributed by atoms with van der Waals surface area (Å²) in [7, 11) is -1.86. The van der Waals surface area contributed by atoms with Crippen molar-refractivity contribution in [3.05, 3.63) is 53.2 Å². The Morgan fingerprint density at radius 3 is 2.65 bits per heavy atom. The van der Waals surface area contributed by atoms with Crippen LogP contribution >= 0.6 is 11.6 Å². The summed E-state index contributed by atoms with van der Waals surface area (Å²) >= 11 is 5.85. The molecule has 0 unspecified atom stereocenters. The molecule has 0 amide bonds. The Balaban J connectivity index is 2.10. The fourth-order valence-corrected chi connectivity index (χ4v) is 2.77.